The van der Waals surface area contributed by atoms with Gasteiger partial charge in [0.15, 0.2) is 0 Å². The van der Waals surface area contributed by atoms with Crippen molar-refractivity contribution in [3.63, 3.8) is 0 Å². The van der Waals surface area contributed by atoms with Gasteiger partial charge in [-0.25, -0.2) is 4.79 Å². The number of nitrogens with zero attached hydrogens (tertiary/aromatic N) is 1. The lowest BCUT2D eigenvalue weighted by Crippen LogP contribution is -2.31. The Morgan fingerprint density at radius 3 is 2.00 bits per heavy atom. The van der Waals surface area contributed by atoms with Crippen molar-refractivity contribution in [1.82, 2.24) is 4.90 Å². The number of hydrogen-bond donors (Lipinski definition) is 0. The predicted octanol–water partition coefficient (Wildman–Crippen LogP) is 1.87. The first-order valence-electron chi connectivity index (χ1n) is 7.34. The minimum Gasteiger partial charge on any atom is -0.466 e. The van der Waals surface area contributed by atoms with Crippen LogP contribution < -0.4 is 0 Å². The molecule has 0 aliphatic carbocycles. The fraction of sp³-hybridized carbons (Fsp3) is 0.800. The average Bonchev–Trinajstić information content (AvgIpc) is 2.47. The van der Waals surface area contributed by atoms with Gasteiger partial charge in [0.25, 0.3) is 0 Å². The molecule has 0 aliphatic rings. The van der Waals surface area contributed by atoms with Crippen LogP contribution in [0.2, 0.25) is 0 Å². The lowest BCUT2D eigenvalue weighted by atomic mass is 10.2. The highest BCUT2D eigenvalue weighted by atomic mass is 16.5. The zero-order chi connectivity index (χ0) is 15.2. The van der Waals surface area contributed by atoms with Crippen molar-refractivity contribution in [3.8, 4) is 0 Å². The van der Waals surface area contributed by atoms with E-state index in [1.54, 1.807) is 0 Å². The summed E-state index contributed by atoms with van der Waals surface area (Å²) in [5.41, 5.74) is 0.713. The van der Waals surface area contributed by atoms with Crippen LogP contribution in [0, 0.1) is 0 Å². The van der Waals surface area contributed by atoms with Gasteiger partial charge in [0.05, 0.1) is 20.3 Å². The molecule has 0 bridgehead atoms. The lowest BCUT2D eigenvalue weighted by Gasteiger charge is -2.20. The standard InChI is InChI=1S/C15H29NO4/c1-5-14(15(17)18-4)8-9-16(10-12-19-6-2)11-13-20-7-3/h8H,5-7,9-13H2,1-4H3/b14-8-. The summed E-state index contributed by atoms with van der Waals surface area (Å²) in [7, 11) is 1.41. The van der Waals surface area contributed by atoms with Gasteiger partial charge in [0.2, 0.25) is 0 Å². The molecule has 0 fully saturated rings. The fourth-order valence-electron chi connectivity index (χ4n) is 1.71. The van der Waals surface area contributed by atoms with Gasteiger partial charge in [-0.15, -0.1) is 0 Å². The Hall–Kier alpha value is -0.910. The molecule has 5 heteroatoms. The molecular weight excluding hydrogens is 258 g/mol. The zero-order valence-corrected chi connectivity index (χ0v) is 13.3. The summed E-state index contributed by atoms with van der Waals surface area (Å²) in [5, 5.41) is 0. The zero-order valence-electron chi connectivity index (χ0n) is 13.3. The molecule has 0 rings (SSSR count). The van der Waals surface area contributed by atoms with Crippen LogP contribution in [0.3, 0.4) is 0 Å². The van der Waals surface area contributed by atoms with Gasteiger partial charge in [-0.3, -0.25) is 4.90 Å². The summed E-state index contributed by atoms with van der Waals surface area (Å²) in [6.45, 7) is 11.1. The Morgan fingerprint density at radius 1 is 1.05 bits per heavy atom. The number of hydrogen-bond acceptors (Lipinski definition) is 5. The summed E-state index contributed by atoms with van der Waals surface area (Å²) in [5.74, 6) is -0.248. The largest absolute Gasteiger partial charge is 0.466 e. The number of ether oxygens (including phenoxy) is 3. The average molecular weight is 287 g/mol. The molecule has 0 saturated carbocycles. The van der Waals surface area contributed by atoms with Crippen LogP contribution in [0.4, 0.5) is 0 Å². The highest BCUT2D eigenvalue weighted by Crippen LogP contribution is 2.04. The van der Waals surface area contributed by atoms with Crippen molar-refractivity contribution in [3.05, 3.63) is 11.6 Å². The van der Waals surface area contributed by atoms with Crippen molar-refractivity contribution in [2.24, 2.45) is 0 Å². The maximum absolute atomic E-state index is 11.5. The summed E-state index contributed by atoms with van der Waals surface area (Å²) in [6.07, 6.45) is 2.61. The predicted molar refractivity (Wildman–Crippen MR) is 79.8 cm³/mol. The van der Waals surface area contributed by atoms with E-state index in [-0.39, 0.29) is 5.97 Å². The third-order valence-electron chi connectivity index (χ3n) is 2.94. The van der Waals surface area contributed by atoms with Gasteiger partial charge < -0.3 is 14.2 Å². The maximum atomic E-state index is 11.5. The van der Waals surface area contributed by atoms with Crippen molar-refractivity contribution >= 4 is 5.97 Å². The molecule has 0 unspecified atom stereocenters. The minimum atomic E-state index is -0.248. The van der Waals surface area contributed by atoms with Gasteiger partial charge in [-0.1, -0.05) is 13.0 Å². The second-order valence-corrected chi connectivity index (χ2v) is 4.27. The molecule has 0 aliphatic heterocycles. The van der Waals surface area contributed by atoms with E-state index in [1.807, 2.05) is 26.8 Å². The van der Waals surface area contributed by atoms with Crippen LogP contribution in [0.5, 0.6) is 0 Å². The van der Waals surface area contributed by atoms with Gasteiger partial charge in [-0.05, 0) is 20.3 Å². The molecule has 0 saturated heterocycles. The van der Waals surface area contributed by atoms with Crippen molar-refractivity contribution in [2.75, 3.05) is 53.2 Å². The highest BCUT2D eigenvalue weighted by Gasteiger charge is 2.09. The molecule has 20 heavy (non-hydrogen) atoms. The molecule has 0 atom stereocenters. The van der Waals surface area contributed by atoms with Crippen LogP contribution in [0.25, 0.3) is 0 Å². The quantitative estimate of drug-likeness (QED) is 0.311. The first-order chi connectivity index (χ1) is 9.69. The lowest BCUT2D eigenvalue weighted by molar-refractivity contribution is -0.136. The molecule has 0 radical (unpaired) electrons. The molecule has 0 spiro atoms. The monoisotopic (exact) mass is 287 g/mol. The minimum absolute atomic E-state index is 0.248. The number of esters is 1. The SMILES string of the molecule is CCOCCN(C/C=C(/CC)C(=O)OC)CCOCC. The fourth-order valence-corrected chi connectivity index (χ4v) is 1.71. The van der Waals surface area contributed by atoms with E-state index in [2.05, 4.69) is 4.90 Å². The van der Waals surface area contributed by atoms with E-state index in [0.717, 1.165) is 26.3 Å². The Kier molecular flexibility index (Phi) is 12.5. The molecular formula is C15H29NO4. The number of carbonyl (C=O) groups excluding carboxylic acids is 1. The molecule has 118 valence electrons. The molecule has 5 nitrogen and oxygen atoms in total. The van der Waals surface area contributed by atoms with Gasteiger partial charge >= 0.3 is 5.97 Å². The van der Waals surface area contributed by atoms with Gasteiger partial charge in [0, 0.05) is 38.4 Å². The van der Waals surface area contributed by atoms with E-state index < -0.39 is 0 Å². The molecule has 0 N–H and O–H groups in total. The second-order valence-electron chi connectivity index (χ2n) is 4.27. The van der Waals surface area contributed by atoms with Crippen molar-refractivity contribution < 1.29 is 19.0 Å². The van der Waals surface area contributed by atoms with E-state index in [0.29, 0.717) is 31.8 Å². The maximum Gasteiger partial charge on any atom is 0.333 e. The molecule has 0 aromatic heterocycles. The van der Waals surface area contributed by atoms with Crippen molar-refractivity contribution in [1.29, 1.82) is 0 Å². The number of rotatable bonds is 12. The van der Waals surface area contributed by atoms with Crippen LogP contribution in [0.15, 0.2) is 11.6 Å². The number of carbonyl (C=O) groups is 1. The Morgan fingerprint density at radius 2 is 1.60 bits per heavy atom. The summed E-state index contributed by atoms with van der Waals surface area (Å²) >= 11 is 0. The summed E-state index contributed by atoms with van der Waals surface area (Å²) < 4.78 is 15.5. The highest BCUT2D eigenvalue weighted by molar-refractivity contribution is 5.88. The second kappa shape index (κ2) is 13.1. The molecule has 0 amide bonds. The Labute approximate surface area is 122 Å². The number of methoxy groups -OCH3 is 1. The summed E-state index contributed by atoms with van der Waals surface area (Å²) in [6, 6.07) is 0. The smallest absolute Gasteiger partial charge is 0.333 e. The van der Waals surface area contributed by atoms with E-state index in [9.17, 15) is 4.79 Å². The third-order valence-corrected chi connectivity index (χ3v) is 2.94. The van der Waals surface area contributed by atoms with Gasteiger partial charge in [-0.2, -0.15) is 0 Å². The summed E-state index contributed by atoms with van der Waals surface area (Å²) in [4.78, 5) is 13.7. The molecule has 0 aromatic carbocycles. The van der Waals surface area contributed by atoms with Crippen molar-refractivity contribution in [2.45, 2.75) is 27.2 Å². The van der Waals surface area contributed by atoms with Gasteiger partial charge in [0.1, 0.15) is 0 Å². The normalized spacial score (nSPS) is 11.9. The first kappa shape index (κ1) is 19.1. The molecule has 0 aromatic rings. The van der Waals surface area contributed by atoms with E-state index >= 15 is 0 Å². The third kappa shape index (κ3) is 9.07. The van der Waals surface area contributed by atoms with Crippen LogP contribution >= 0.6 is 0 Å². The Bertz CT molecular complexity index is 269. The van der Waals surface area contributed by atoms with Crippen LogP contribution in [-0.2, 0) is 19.0 Å². The van der Waals surface area contributed by atoms with Crippen LogP contribution in [-0.4, -0.2) is 64.0 Å². The molecule has 0 heterocycles. The van der Waals surface area contributed by atoms with E-state index in [4.69, 9.17) is 14.2 Å². The first-order valence-corrected chi connectivity index (χ1v) is 7.34. The van der Waals surface area contributed by atoms with Crippen LogP contribution in [0.1, 0.15) is 27.2 Å². The van der Waals surface area contributed by atoms with E-state index in [1.165, 1.54) is 7.11 Å². The Balaban J connectivity index is 4.35. The topological polar surface area (TPSA) is 48.0 Å².